The van der Waals surface area contributed by atoms with Crippen LogP contribution in [-0.4, -0.2) is 20.2 Å². The highest BCUT2D eigenvalue weighted by Gasteiger charge is 2.06. The summed E-state index contributed by atoms with van der Waals surface area (Å²) in [4.78, 5) is 8.94. The van der Waals surface area contributed by atoms with Crippen molar-refractivity contribution in [1.29, 1.82) is 0 Å². The summed E-state index contributed by atoms with van der Waals surface area (Å²) >= 11 is 0. The zero-order chi connectivity index (χ0) is 17.9. The van der Waals surface area contributed by atoms with E-state index in [9.17, 15) is 0 Å². The van der Waals surface area contributed by atoms with Crippen LogP contribution in [0.25, 0.3) is 10.9 Å². The molecule has 0 aliphatic carbocycles. The summed E-state index contributed by atoms with van der Waals surface area (Å²) in [6, 6.07) is 16.1. The van der Waals surface area contributed by atoms with Crippen LogP contribution in [0.15, 0.2) is 60.9 Å². The van der Waals surface area contributed by atoms with Crippen molar-refractivity contribution in [2.75, 3.05) is 10.6 Å². The van der Waals surface area contributed by atoms with Crippen LogP contribution in [0, 0.1) is 13.8 Å². The SMILES string of the molecule is Cc1cc(C)cc(Nc2cnnc(Nc3cccc4cccnc34)n2)c1. The second-order valence-corrected chi connectivity index (χ2v) is 6.17. The number of aromatic nitrogens is 4. The number of fused-ring (bicyclic) bond motifs is 1. The molecule has 0 amide bonds. The minimum Gasteiger partial charge on any atom is -0.339 e. The molecule has 0 aliphatic heterocycles. The van der Waals surface area contributed by atoms with E-state index < -0.39 is 0 Å². The third-order valence-electron chi connectivity index (χ3n) is 3.93. The lowest BCUT2D eigenvalue weighted by molar-refractivity contribution is 0.982. The number of para-hydroxylation sites is 1. The molecule has 4 aromatic rings. The molecule has 2 aromatic heterocycles. The zero-order valence-corrected chi connectivity index (χ0v) is 14.6. The number of rotatable bonds is 4. The first-order valence-electron chi connectivity index (χ1n) is 8.33. The summed E-state index contributed by atoms with van der Waals surface area (Å²) in [5.74, 6) is 1.04. The Bertz CT molecular complexity index is 1050. The zero-order valence-electron chi connectivity index (χ0n) is 14.6. The van der Waals surface area contributed by atoms with Crippen LogP contribution < -0.4 is 10.6 Å². The summed E-state index contributed by atoms with van der Waals surface area (Å²) < 4.78 is 0. The number of nitrogens with zero attached hydrogens (tertiary/aromatic N) is 4. The molecule has 0 aliphatic rings. The molecule has 2 heterocycles. The molecule has 6 heteroatoms. The first-order valence-corrected chi connectivity index (χ1v) is 8.33. The van der Waals surface area contributed by atoms with E-state index in [2.05, 4.69) is 62.8 Å². The van der Waals surface area contributed by atoms with Gasteiger partial charge in [-0.15, -0.1) is 5.10 Å². The highest BCUT2D eigenvalue weighted by Crippen LogP contribution is 2.24. The molecule has 0 radical (unpaired) electrons. The number of pyridine rings is 1. The largest absolute Gasteiger partial charge is 0.339 e. The predicted octanol–water partition coefficient (Wildman–Crippen LogP) is 4.52. The van der Waals surface area contributed by atoms with Crippen LogP contribution in [0.1, 0.15) is 11.1 Å². The average Bonchev–Trinajstić information content (AvgIpc) is 2.61. The fourth-order valence-corrected chi connectivity index (χ4v) is 2.94. The molecule has 4 rings (SSSR count). The van der Waals surface area contributed by atoms with Crippen molar-refractivity contribution >= 4 is 34.0 Å². The van der Waals surface area contributed by atoms with E-state index in [1.165, 1.54) is 11.1 Å². The lowest BCUT2D eigenvalue weighted by Crippen LogP contribution is -2.03. The van der Waals surface area contributed by atoms with E-state index in [1.54, 1.807) is 12.4 Å². The summed E-state index contributed by atoms with van der Waals surface area (Å²) in [5, 5.41) is 15.7. The minimum atomic E-state index is 0.414. The van der Waals surface area contributed by atoms with Gasteiger partial charge < -0.3 is 10.6 Å². The summed E-state index contributed by atoms with van der Waals surface area (Å²) in [7, 11) is 0. The maximum Gasteiger partial charge on any atom is 0.249 e. The molecule has 0 fully saturated rings. The van der Waals surface area contributed by atoms with Crippen LogP contribution in [0.3, 0.4) is 0 Å². The molecule has 0 saturated heterocycles. The van der Waals surface area contributed by atoms with Crippen LogP contribution >= 0.6 is 0 Å². The number of anilines is 4. The standard InChI is InChI=1S/C20H18N6/c1-13-9-14(2)11-16(10-13)23-18-12-22-26-20(25-18)24-17-7-3-5-15-6-4-8-21-19(15)17/h3-12H,1-2H3,(H2,23,24,25,26). The molecule has 26 heavy (non-hydrogen) atoms. The Labute approximate surface area is 151 Å². The van der Waals surface area contributed by atoms with Crippen molar-refractivity contribution in [2.24, 2.45) is 0 Å². The third-order valence-corrected chi connectivity index (χ3v) is 3.93. The number of benzene rings is 2. The van der Waals surface area contributed by atoms with Gasteiger partial charge in [0, 0.05) is 17.3 Å². The van der Waals surface area contributed by atoms with Crippen LogP contribution in [0.2, 0.25) is 0 Å². The second-order valence-electron chi connectivity index (χ2n) is 6.17. The van der Waals surface area contributed by atoms with Crippen LogP contribution in [-0.2, 0) is 0 Å². The lowest BCUT2D eigenvalue weighted by atomic mass is 10.1. The van der Waals surface area contributed by atoms with Gasteiger partial charge in [0.2, 0.25) is 5.95 Å². The van der Waals surface area contributed by atoms with Gasteiger partial charge in [0.1, 0.15) is 0 Å². The summed E-state index contributed by atoms with van der Waals surface area (Å²) in [6.45, 7) is 4.13. The molecule has 0 atom stereocenters. The number of aryl methyl sites for hydroxylation is 2. The smallest absolute Gasteiger partial charge is 0.249 e. The van der Waals surface area contributed by atoms with Gasteiger partial charge >= 0.3 is 0 Å². The molecule has 2 aromatic carbocycles. The quantitative estimate of drug-likeness (QED) is 0.568. The highest BCUT2D eigenvalue weighted by atomic mass is 15.3. The molecule has 0 unspecified atom stereocenters. The van der Waals surface area contributed by atoms with Gasteiger partial charge in [0.05, 0.1) is 17.4 Å². The summed E-state index contributed by atoms with van der Waals surface area (Å²) in [6.07, 6.45) is 3.37. The fraction of sp³-hybridized carbons (Fsp3) is 0.100. The molecule has 2 N–H and O–H groups in total. The van der Waals surface area contributed by atoms with E-state index in [0.29, 0.717) is 11.8 Å². The molecule has 0 saturated carbocycles. The van der Waals surface area contributed by atoms with Gasteiger partial charge in [-0.05, 0) is 49.2 Å². The molecular formula is C20H18N6. The van der Waals surface area contributed by atoms with Gasteiger partial charge in [-0.3, -0.25) is 4.98 Å². The normalized spacial score (nSPS) is 10.7. The second kappa shape index (κ2) is 6.76. The van der Waals surface area contributed by atoms with E-state index in [4.69, 9.17) is 0 Å². The molecule has 6 nitrogen and oxygen atoms in total. The Balaban J connectivity index is 1.61. The van der Waals surface area contributed by atoms with Crippen LogP contribution in [0.5, 0.6) is 0 Å². The van der Waals surface area contributed by atoms with E-state index in [0.717, 1.165) is 22.3 Å². The monoisotopic (exact) mass is 342 g/mol. The molecule has 0 bridgehead atoms. The van der Waals surface area contributed by atoms with Crippen LogP contribution in [0.4, 0.5) is 23.1 Å². The Morgan fingerprint density at radius 3 is 2.54 bits per heavy atom. The first kappa shape index (κ1) is 16.0. The van der Waals surface area contributed by atoms with Crippen molar-refractivity contribution in [2.45, 2.75) is 13.8 Å². The van der Waals surface area contributed by atoms with Gasteiger partial charge in [-0.1, -0.05) is 24.3 Å². The Morgan fingerprint density at radius 2 is 1.69 bits per heavy atom. The predicted molar refractivity (Wildman–Crippen MR) is 104 cm³/mol. The lowest BCUT2D eigenvalue weighted by Gasteiger charge is -2.10. The van der Waals surface area contributed by atoms with E-state index in [-0.39, 0.29) is 0 Å². The maximum atomic E-state index is 4.51. The number of hydrogen-bond acceptors (Lipinski definition) is 6. The summed E-state index contributed by atoms with van der Waals surface area (Å²) in [5.41, 5.74) is 5.06. The number of hydrogen-bond donors (Lipinski definition) is 2. The van der Waals surface area contributed by atoms with Crippen molar-refractivity contribution in [1.82, 2.24) is 20.2 Å². The Morgan fingerprint density at radius 1 is 0.885 bits per heavy atom. The Kier molecular flexibility index (Phi) is 4.15. The van der Waals surface area contributed by atoms with Gasteiger partial charge in [-0.25, -0.2) is 0 Å². The average molecular weight is 342 g/mol. The number of nitrogens with one attached hydrogen (secondary N) is 2. The topological polar surface area (TPSA) is 75.6 Å². The first-order chi connectivity index (χ1) is 12.7. The molecule has 128 valence electrons. The van der Waals surface area contributed by atoms with Gasteiger partial charge in [0.25, 0.3) is 0 Å². The van der Waals surface area contributed by atoms with Gasteiger partial charge in [-0.2, -0.15) is 10.1 Å². The third kappa shape index (κ3) is 3.44. The van der Waals surface area contributed by atoms with E-state index >= 15 is 0 Å². The maximum absolute atomic E-state index is 4.51. The Hall–Kier alpha value is -3.54. The van der Waals surface area contributed by atoms with Crippen molar-refractivity contribution < 1.29 is 0 Å². The minimum absolute atomic E-state index is 0.414. The van der Waals surface area contributed by atoms with Gasteiger partial charge in [0.15, 0.2) is 5.82 Å². The van der Waals surface area contributed by atoms with E-state index in [1.807, 2.05) is 30.3 Å². The molecule has 0 spiro atoms. The highest BCUT2D eigenvalue weighted by molar-refractivity contribution is 5.91. The van der Waals surface area contributed by atoms with Crippen molar-refractivity contribution in [3.63, 3.8) is 0 Å². The van der Waals surface area contributed by atoms with Crippen molar-refractivity contribution in [3.8, 4) is 0 Å². The fourth-order valence-electron chi connectivity index (χ4n) is 2.94. The molecular weight excluding hydrogens is 324 g/mol. The van der Waals surface area contributed by atoms with Crippen molar-refractivity contribution in [3.05, 3.63) is 72.1 Å².